The standard InChI is InChI=1S/C13H14BrN3O/c1-8-5-10(3-4-11(8)14)18-7-13-16-9(2)6-12(15)17-13/h3-6H,7H2,1-2H3,(H2,15,16,17). The maximum Gasteiger partial charge on any atom is 0.168 e. The topological polar surface area (TPSA) is 61.0 Å². The number of aryl methyl sites for hydroxylation is 2. The summed E-state index contributed by atoms with van der Waals surface area (Å²) in [4.78, 5) is 8.39. The van der Waals surface area contributed by atoms with Crippen LogP contribution in [0.1, 0.15) is 17.1 Å². The molecule has 0 spiro atoms. The van der Waals surface area contributed by atoms with Crippen LogP contribution in [0.2, 0.25) is 0 Å². The number of nitrogens with zero attached hydrogens (tertiary/aromatic N) is 2. The van der Waals surface area contributed by atoms with Crippen molar-refractivity contribution in [2.45, 2.75) is 20.5 Å². The van der Waals surface area contributed by atoms with Crippen molar-refractivity contribution in [3.8, 4) is 5.75 Å². The summed E-state index contributed by atoms with van der Waals surface area (Å²) in [6.07, 6.45) is 0. The lowest BCUT2D eigenvalue weighted by Gasteiger charge is -2.08. The van der Waals surface area contributed by atoms with E-state index in [0.29, 0.717) is 18.2 Å². The number of ether oxygens (including phenoxy) is 1. The summed E-state index contributed by atoms with van der Waals surface area (Å²) >= 11 is 3.45. The number of halogens is 1. The molecule has 0 radical (unpaired) electrons. The van der Waals surface area contributed by atoms with Gasteiger partial charge in [-0.15, -0.1) is 0 Å². The molecule has 2 rings (SSSR count). The van der Waals surface area contributed by atoms with E-state index in [-0.39, 0.29) is 0 Å². The molecule has 0 atom stereocenters. The average molecular weight is 308 g/mol. The molecule has 5 heteroatoms. The summed E-state index contributed by atoms with van der Waals surface area (Å²) in [6.45, 7) is 4.20. The van der Waals surface area contributed by atoms with E-state index in [0.717, 1.165) is 21.5 Å². The molecule has 1 heterocycles. The van der Waals surface area contributed by atoms with Crippen LogP contribution < -0.4 is 10.5 Å². The van der Waals surface area contributed by atoms with Crippen molar-refractivity contribution in [1.29, 1.82) is 0 Å². The fraction of sp³-hybridized carbons (Fsp3) is 0.231. The van der Waals surface area contributed by atoms with Gasteiger partial charge in [0.05, 0.1) is 0 Å². The zero-order chi connectivity index (χ0) is 13.1. The highest BCUT2D eigenvalue weighted by Crippen LogP contribution is 2.22. The number of benzene rings is 1. The lowest BCUT2D eigenvalue weighted by atomic mass is 10.2. The highest BCUT2D eigenvalue weighted by Gasteiger charge is 2.03. The van der Waals surface area contributed by atoms with E-state index >= 15 is 0 Å². The molecule has 0 aliphatic rings. The molecule has 18 heavy (non-hydrogen) atoms. The predicted octanol–water partition coefficient (Wildman–Crippen LogP) is 3.02. The van der Waals surface area contributed by atoms with Gasteiger partial charge in [-0.1, -0.05) is 15.9 Å². The van der Waals surface area contributed by atoms with Crippen molar-refractivity contribution in [2.75, 3.05) is 5.73 Å². The van der Waals surface area contributed by atoms with E-state index in [9.17, 15) is 0 Å². The molecule has 0 amide bonds. The van der Waals surface area contributed by atoms with E-state index in [1.807, 2.05) is 32.0 Å². The van der Waals surface area contributed by atoms with Gasteiger partial charge in [-0.2, -0.15) is 0 Å². The molecule has 94 valence electrons. The molecule has 2 N–H and O–H groups in total. The van der Waals surface area contributed by atoms with Crippen LogP contribution >= 0.6 is 15.9 Å². The number of hydrogen-bond acceptors (Lipinski definition) is 4. The van der Waals surface area contributed by atoms with Gasteiger partial charge in [0.25, 0.3) is 0 Å². The quantitative estimate of drug-likeness (QED) is 0.947. The number of nitrogens with two attached hydrogens (primary N) is 1. The molecule has 0 aliphatic heterocycles. The molecule has 0 saturated heterocycles. The minimum absolute atomic E-state index is 0.312. The fourth-order valence-electron chi connectivity index (χ4n) is 1.58. The maximum absolute atomic E-state index is 5.66. The van der Waals surface area contributed by atoms with Crippen LogP contribution in [0.5, 0.6) is 5.75 Å². The fourth-order valence-corrected chi connectivity index (χ4v) is 1.82. The number of rotatable bonds is 3. The minimum Gasteiger partial charge on any atom is -0.486 e. The van der Waals surface area contributed by atoms with Gasteiger partial charge in [-0.25, -0.2) is 9.97 Å². The first-order valence-electron chi connectivity index (χ1n) is 5.53. The summed E-state index contributed by atoms with van der Waals surface area (Å²) in [5, 5.41) is 0. The second-order valence-electron chi connectivity index (χ2n) is 4.05. The summed E-state index contributed by atoms with van der Waals surface area (Å²) < 4.78 is 6.70. The zero-order valence-electron chi connectivity index (χ0n) is 10.3. The Balaban J connectivity index is 2.08. The van der Waals surface area contributed by atoms with Crippen LogP contribution in [-0.4, -0.2) is 9.97 Å². The van der Waals surface area contributed by atoms with Crippen LogP contribution in [-0.2, 0) is 6.61 Å². The van der Waals surface area contributed by atoms with E-state index in [1.54, 1.807) is 6.07 Å². The molecule has 0 bridgehead atoms. The summed E-state index contributed by atoms with van der Waals surface area (Å²) in [6, 6.07) is 7.54. The monoisotopic (exact) mass is 307 g/mol. The number of hydrogen-bond donors (Lipinski definition) is 1. The summed E-state index contributed by atoms with van der Waals surface area (Å²) in [7, 11) is 0. The van der Waals surface area contributed by atoms with Crippen molar-refractivity contribution < 1.29 is 4.74 Å². The zero-order valence-corrected chi connectivity index (χ0v) is 11.9. The molecule has 1 aromatic heterocycles. The summed E-state index contributed by atoms with van der Waals surface area (Å²) in [5.41, 5.74) is 7.62. The van der Waals surface area contributed by atoms with Gasteiger partial charge in [-0.3, -0.25) is 0 Å². The molecule has 0 saturated carbocycles. The second kappa shape index (κ2) is 5.35. The Morgan fingerprint density at radius 1 is 1.22 bits per heavy atom. The van der Waals surface area contributed by atoms with E-state index in [1.165, 1.54) is 0 Å². The predicted molar refractivity (Wildman–Crippen MR) is 74.4 cm³/mol. The number of anilines is 1. The van der Waals surface area contributed by atoms with Gasteiger partial charge < -0.3 is 10.5 Å². The van der Waals surface area contributed by atoms with Crippen LogP contribution in [0, 0.1) is 13.8 Å². The maximum atomic E-state index is 5.66. The molecule has 0 fully saturated rings. The Morgan fingerprint density at radius 3 is 2.67 bits per heavy atom. The molecule has 0 aliphatic carbocycles. The molecule has 1 aromatic carbocycles. The third kappa shape index (κ3) is 3.20. The Labute approximate surface area is 114 Å². The SMILES string of the molecule is Cc1cc(N)nc(COc2ccc(Br)c(C)c2)n1. The van der Waals surface area contributed by atoms with Gasteiger partial charge in [0.15, 0.2) is 5.82 Å². The third-order valence-corrected chi connectivity index (χ3v) is 3.31. The van der Waals surface area contributed by atoms with Gasteiger partial charge in [0, 0.05) is 16.2 Å². The first-order chi connectivity index (χ1) is 8.54. The normalized spacial score (nSPS) is 10.4. The van der Waals surface area contributed by atoms with Crippen molar-refractivity contribution >= 4 is 21.7 Å². The third-order valence-electron chi connectivity index (χ3n) is 2.42. The van der Waals surface area contributed by atoms with E-state index < -0.39 is 0 Å². The average Bonchev–Trinajstić information content (AvgIpc) is 2.29. The number of aromatic nitrogens is 2. The lowest BCUT2D eigenvalue weighted by Crippen LogP contribution is -2.05. The molecule has 2 aromatic rings. The van der Waals surface area contributed by atoms with Crippen molar-refractivity contribution in [1.82, 2.24) is 9.97 Å². The minimum atomic E-state index is 0.312. The van der Waals surface area contributed by atoms with E-state index in [2.05, 4.69) is 25.9 Å². The van der Waals surface area contributed by atoms with Crippen molar-refractivity contribution in [3.63, 3.8) is 0 Å². The Kier molecular flexibility index (Phi) is 3.81. The van der Waals surface area contributed by atoms with Crippen molar-refractivity contribution in [3.05, 3.63) is 45.8 Å². The summed E-state index contributed by atoms with van der Waals surface area (Å²) in [5.74, 6) is 1.85. The van der Waals surface area contributed by atoms with Gasteiger partial charge in [0.2, 0.25) is 0 Å². The Morgan fingerprint density at radius 2 is 2.00 bits per heavy atom. The molecular weight excluding hydrogens is 294 g/mol. The Hall–Kier alpha value is -1.62. The van der Waals surface area contributed by atoms with Gasteiger partial charge in [-0.05, 0) is 37.6 Å². The van der Waals surface area contributed by atoms with E-state index in [4.69, 9.17) is 10.5 Å². The van der Waals surface area contributed by atoms with Gasteiger partial charge >= 0.3 is 0 Å². The molecule has 4 nitrogen and oxygen atoms in total. The smallest absolute Gasteiger partial charge is 0.168 e. The van der Waals surface area contributed by atoms with Crippen LogP contribution in [0.25, 0.3) is 0 Å². The molecule has 0 unspecified atom stereocenters. The first-order valence-corrected chi connectivity index (χ1v) is 6.33. The Bertz CT molecular complexity index is 552. The van der Waals surface area contributed by atoms with Gasteiger partial charge in [0.1, 0.15) is 18.2 Å². The van der Waals surface area contributed by atoms with Crippen LogP contribution in [0.15, 0.2) is 28.7 Å². The lowest BCUT2D eigenvalue weighted by molar-refractivity contribution is 0.295. The number of nitrogen functional groups attached to an aromatic ring is 1. The first kappa shape index (κ1) is 12.8. The highest BCUT2D eigenvalue weighted by molar-refractivity contribution is 9.10. The van der Waals surface area contributed by atoms with Crippen LogP contribution in [0.4, 0.5) is 5.82 Å². The van der Waals surface area contributed by atoms with Crippen molar-refractivity contribution in [2.24, 2.45) is 0 Å². The van der Waals surface area contributed by atoms with Crippen LogP contribution in [0.3, 0.4) is 0 Å². The largest absolute Gasteiger partial charge is 0.486 e. The second-order valence-corrected chi connectivity index (χ2v) is 4.90. The molecular formula is C13H14BrN3O. The highest BCUT2D eigenvalue weighted by atomic mass is 79.9.